The largest absolute Gasteiger partial charge is 0.480 e. The first-order chi connectivity index (χ1) is 10.2. The molecule has 2 rings (SSSR count). The van der Waals surface area contributed by atoms with E-state index in [0.29, 0.717) is 11.3 Å². The van der Waals surface area contributed by atoms with Crippen molar-refractivity contribution in [3.05, 3.63) is 64.4 Å². The van der Waals surface area contributed by atoms with Crippen molar-refractivity contribution in [2.75, 3.05) is 6.61 Å². The molecule has 1 aromatic carbocycles. The molecule has 1 heterocycles. The molecule has 0 N–H and O–H groups in total. The third kappa shape index (κ3) is 4.30. The Kier molecular flexibility index (Phi) is 5.30. The van der Waals surface area contributed by atoms with E-state index in [1.165, 1.54) is 12.3 Å². The topological polar surface area (TPSA) is 39.2 Å². The number of pyridine rings is 1. The zero-order valence-electron chi connectivity index (χ0n) is 11.1. The fourth-order valence-corrected chi connectivity index (χ4v) is 2.05. The van der Waals surface area contributed by atoms with Crippen LogP contribution in [0.25, 0.3) is 6.08 Å². The average Bonchev–Trinajstić information content (AvgIpc) is 2.52. The highest BCUT2D eigenvalue weighted by Crippen LogP contribution is 2.24. The van der Waals surface area contributed by atoms with Crippen LogP contribution in [0, 0.1) is 12.3 Å². The maximum Gasteiger partial charge on any atom is 0.187 e. The van der Waals surface area contributed by atoms with Gasteiger partial charge in [0.2, 0.25) is 0 Å². The van der Waals surface area contributed by atoms with Gasteiger partial charge in [0.05, 0.1) is 0 Å². The molecular formula is C17H12BrNO2. The van der Waals surface area contributed by atoms with Crippen LogP contribution in [0.5, 0.6) is 5.75 Å². The van der Waals surface area contributed by atoms with Crippen LogP contribution in [0.1, 0.15) is 15.9 Å². The summed E-state index contributed by atoms with van der Waals surface area (Å²) in [5.74, 6) is 2.93. The number of benzene rings is 1. The number of hydrogen-bond acceptors (Lipinski definition) is 3. The molecular weight excluding hydrogens is 330 g/mol. The van der Waals surface area contributed by atoms with Gasteiger partial charge in [-0.2, -0.15) is 0 Å². The van der Waals surface area contributed by atoms with Gasteiger partial charge in [-0.1, -0.05) is 21.9 Å². The molecule has 0 saturated carbocycles. The van der Waals surface area contributed by atoms with Crippen LogP contribution in [-0.4, -0.2) is 17.4 Å². The number of carbonyl (C=O) groups is 1. The summed E-state index contributed by atoms with van der Waals surface area (Å²) < 4.78 is 6.34. The quantitative estimate of drug-likeness (QED) is 0.472. The van der Waals surface area contributed by atoms with E-state index in [0.717, 1.165) is 10.0 Å². The van der Waals surface area contributed by atoms with E-state index in [2.05, 4.69) is 26.8 Å². The number of ketones is 1. The Balaban J connectivity index is 2.22. The summed E-state index contributed by atoms with van der Waals surface area (Å²) in [7, 11) is 0. The Morgan fingerprint density at radius 1 is 1.43 bits per heavy atom. The van der Waals surface area contributed by atoms with Crippen LogP contribution in [0.3, 0.4) is 0 Å². The molecule has 0 unspecified atom stereocenters. The number of halogens is 1. The summed E-state index contributed by atoms with van der Waals surface area (Å²) >= 11 is 3.39. The number of terminal acetylenes is 1. The minimum absolute atomic E-state index is 0.119. The molecule has 1 aromatic heterocycles. The first-order valence-electron chi connectivity index (χ1n) is 6.19. The standard InChI is InChI=1S/C17H12BrNO2/c1-2-10-21-17-8-6-15(18)11-13(17)5-7-16(20)14-4-3-9-19-12-14/h1,3-9,11-12H,10H2/b7-5+. The Hall–Kier alpha value is -2.38. The zero-order valence-corrected chi connectivity index (χ0v) is 12.7. The Bertz CT molecular complexity index is 702. The Morgan fingerprint density at radius 2 is 2.29 bits per heavy atom. The van der Waals surface area contributed by atoms with Crippen molar-refractivity contribution in [1.82, 2.24) is 4.98 Å². The van der Waals surface area contributed by atoms with Gasteiger partial charge < -0.3 is 4.74 Å². The van der Waals surface area contributed by atoms with Gasteiger partial charge in [0.1, 0.15) is 12.4 Å². The van der Waals surface area contributed by atoms with E-state index < -0.39 is 0 Å². The molecule has 0 atom stereocenters. The molecule has 0 aliphatic heterocycles. The average molecular weight is 342 g/mol. The normalized spacial score (nSPS) is 10.3. The highest BCUT2D eigenvalue weighted by atomic mass is 79.9. The van der Waals surface area contributed by atoms with Crippen LogP contribution in [-0.2, 0) is 0 Å². The number of allylic oxidation sites excluding steroid dienone is 1. The third-order valence-electron chi connectivity index (χ3n) is 2.64. The number of carbonyl (C=O) groups excluding carboxylic acids is 1. The maximum absolute atomic E-state index is 12.0. The van der Waals surface area contributed by atoms with Gasteiger partial charge in [-0.25, -0.2) is 0 Å². The minimum atomic E-state index is -0.119. The Morgan fingerprint density at radius 3 is 3.00 bits per heavy atom. The molecule has 2 aromatic rings. The molecule has 0 amide bonds. The molecule has 21 heavy (non-hydrogen) atoms. The minimum Gasteiger partial charge on any atom is -0.480 e. The van der Waals surface area contributed by atoms with Gasteiger partial charge in [0, 0.05) is 28.0 Å². The Labute approximate surface area is 131 Å². The lowest BCUT2D eigenvalue weighted by Gasteiger charge is -2.06. The smallest absolute Gasteiger partial charge is 0.187 e. The lowest BCUT2D eigenvalue weighted by Crippen LogP contribution is -1.97. The van der Waals surface area contributed by atoms with Crippen molar-refractivity contribution in [2.45, 2.75) is 0 Å². The first-order valence-corrected chi connectivity index (χ1v) is 6.98. The lowest BCUT2D eigenvalue weighted by molar-refractivity contribution is 0.104. The first kappa shape index (κ1) is 15.0. The van der Waals surface area contributed by atoms with Crippen molar-refractivity contribution < 1.29 is 9.53 Å². The summed E-state index contributed by atoms with van der Waals surface area (Å²) in [6.45, 7) is 0.180. The van der Waals surface area contributed by atoms with Gasteiger partial charge in [-0.3, -0.25) is 9.78 Å². The lowest BCUT2D eigenvalue weighted by atomic mass is 10.1. The fraction of sp³-hybridized carbons (Fsp3) is 0.0588. The van der Waals surface area contributed by atoms with Gasteiger partial charge in [-0.15, -0.1) is 6.42 Å². The summed E-state index contributed by atoms with van der Waals surface area (Å²) in [6, 6.07) is 8.96. The van der Waals surface area contributed by atoms with E-state index in [9.17, 15) is 4.79 Å². The summed E-state index contributed by atoms with van der Waals surface area (Å²) in [5.41, 5.74) is 1.31. The highest BCUT2D eigenvalue weighted by Gasteiger charge is 2.04. The fourth-order valence-electron chi connectivity index (χ4n) is 1.67. The van der Waals surface area contributed by atoms with Crippen molar-refractivity contribution in [2.24, 2.45) is 0 Å². The second-order valence-corrected chi connectivity index (χ2v) is 5.03. The number of nitrogens with zero attached hydrogens (tertiary/aromatic N) is 1. The van der Waals surface area contributed by atoms with E-state index in [1.807, 2.05) is 12.1 Å². The van der Waals surface area contributed by atoms with Crippen molar-refractivity contribution >= 4 is 27.8 Å². The van der Waals surface area contributed by atoms with Crippen molar-refractivity contribution in [1.29, 1.82) is 0 Å². The van der Waals surface area contributed by atoms with E-state index in [-0.39, 0.29) is 12.4 Å². The number of aromatic nitrogens is 1. The number of hydrogen-bond donors (Lipinski definition) is 0. The van der Waals surface area contributed by atoms with Crippen molar-refractivity contribution in [3.8, 4) is 18.1 Å². The SMILES string of the molecule is C#CCOc1ccc(Br)cc1/C=C/C(=O)c1cccnc1. The molecule has 0 spiro atoms. The number of rotatable bonds is 5. The second kappa shape index (κ2) is 7.41. The number of ether oxygens (including phenoxy) is 1. The van der Waals surface area contributed by atoms with E-state index in [4.69, 9.17) is 11.2 Å². The highest BCUT2D eigenvalue weighted by molar-refractivity contribution is 9.10. The van der Waals surface area contributed by atoms with E-state index >= 15 is 0 Å². The molecule has 0 saturated heterocycles. The van der Waals surface area contributed by atoms with Crippen LogP contribution < -0.4 is 4.74 Å². The van der Waals surface area contributed by atoms with E-state index in [1.54, 1.807) is 30.5 Å². The summed E-state index contributed by atoms with van der Waals surface area (Å²) in [4.78, 5) is 15.9. The molecule has 0 aliphatic rings. The van der Waals surface area contributed by atoms with Crippen LogP contribution in [0.4, 0.5) is 0 Å². The molecule has 3 nitrogen and oxygen atoms in total. The molecule has 0 radical (unpaired) electrons. The maximum atomic E-state index is 12.0. The predicted octanol–water partition coefficient (Wildman–Crippen LogP) is 3.75. The van der Waals surface area contributed by atoms with Gasteiger partial charge >= 0.3 is 0 Å². The molecule has 0 bridgehead atoms. The summed E-state index contributed by atoms with van der Waals surface area (Å²) in [5, 5.41) is 0. The zero-order chi connectivity index (χ0) is 15.1. The monoisotopic (exact) mass is 341 g/mol. The van der Waals surface area contributed by atoms with Gasteiger partial charge in [-0.05, 0) is 42.5 Å². The van der Waals surface area contributed by atoms with Gasteiger partial charge in [0.25, 0.3) is 0 Å². The molecule has 4 heteroatoms. The van der Waals surface area contributed by atoms with Crippen molar-refractivity contribution in [3.63, 3.8) is 0 Å². The van der Waals surface area contributed by atoms with Gasteiger partial charge in [0.15, 0.2) is 5.78 Å². The predicted molar refractivity (Wildman–Crippen MR) is 86.1 cm³/mol. The molecule has 0 aliphatic carbocycles. The molecule has 104 valence electrons. The van der Waals surface area contributed by atoms with Crippen LogP contribution in [0.15, 0.2) is 53.3 Å². The second-order valence-electron chi connectivity index (χ2n) is 4.11. The third-order valence-corrected chi connectivity index (χ3v) is 3.14. The van der Waals surface area contributed by atoms with Crippen LogP contribution >= 0.6 is 15.9 Å². The molecule has 0 fully saturated rings. The summed E-state index contributed by atoms with van der Waals surface area (Å²) in [6.07, 6.45) is 11.5. The van der Waals surface area contributed by atoms with Crippen LogP contribution in [0.2, 0.25) is 0 Å².